The van der Waals surface area contributed by atoms with Gasteiger partial charge in [0, 0.05) is 29.7 Å². The van der Waals surface area contributed by atoms with Crippen molar-refractivity contribution in [3.05, 3.63) is 113 Å². The van der Waals surface area contributed by atoms with Crippen molar-refractivity contribution in [1.29, 1.82) is 0 Å². The van der Waals surface area contributed by atoms with Gasteiger partial charge in [-0.25, -0.2) is 9.78 Å². The number of benzene rings is 2. The number of carboxylic acids is 1. The maximum atomic E-state index is 10.9. The van der Waals surface area contributed by atoms with Gasteiger partial charge in [0.15, 0.2) is 0 Å². The lowest BCUT2D eigenvalue weighted by atomic mass is 9.73. The average molecular weight is 455 g/mol. The van der Waals surface area contributed by atoms with Crippen molar-refractivity contribution in [2.75, 3.05) is 0 Å². The number of imidazole rings is 1. The van der Waals surface area contributed by atoms with Crippen LogP contribution in [0.2, 0.25) is 5.02 Å². The fraction of sp³-hybridized carbons (Fsp3) is 0.143. The molecule has 0 amide bonds. The third kappa shape index (κ3) is 4.35. The highest BCUT2D eigenvalue weighted by atomic mass is 35.5. The predicted molar refractivity (Wildman–Crippen MR) is 133 cm³/mol. The summed E-state index contributed by atoms with van der Waals surface area (Å²) in [6.07, 6.45) is 12.1. The molecule has 5 rings (SSSR count). The molecule has 164 valence electrons. The molecule has 1 aliphatic carbocycles. The summed E-state index contributed by atoms with van der Waals surface area (Å²) in [4.78, 5) is 15.3. The zero-order valence-electron chi connectivity index (χ0n) is 18.0. The summed E-state index contributed by atoms with van der Waals surface area (Å²) in [6.45, 7) is 0. The Hall–Kier alpha value is -3.63. The number of pyridine rings is 1. The zero-order chi connectivity index (χ0) is 22.8. The summed E-state index contributed by atoms with van der Waals surface area (Å²) in [5.41, 5.74) is 7.39. The van der Waals surface area contributed by atoms with E-state index < -0.39 is 5.97 Å². The summed E-state index contributed by atoms with van der Waals surface area (Å²) in [5.74, 6) is -0.524. The van der Waals surface area contributed by atoms with Crippen LogP contribution in [0.25, 0.3) is 22.9 Å². The van der Waals surface area contributed by atoms with E-state index >= 15 is 0 Å². The van der Waals surface area contributed by atoms with Crippen LogP contribution in [0.1, 0.15) is 41.5 Å². The molecule has 0 saturated heterocycles. The second-order valence-corrected chi connectivity index (χ2v) is 8.71. The quantitative estimate of drug-likeness (QED) is 0.256. The molecular formula is C28H23ClN2O2. The van der Waals surface area contributed by atoms with Crippen LogP contribution in [0.15, 0.2) is 85.3 Å². The summed E-state index contributed by atoms with van der Waals surface area (Å²) in [6, 6.07) is 20.2. The van der Waals surface area contributed by atoms with Crippen molar-refractivity contribution in [3.8, 4) is 0 Å². The van der Waals surface area contributed by atoms with E-state index in [4.69, 9.17) is 16.7 Å². The molecular weight excluding hydrogens is 432 g/mol. The standard InChI is InChI=1S/C28H23ClN2O2/c29-24-7-2-1-6-23(24)28(20-4-3-5-20)27(22-13-14-25-30-16-17-31(25)18-22)21-11-8-19(9-12-21)10-15-26(32)33/h1-2,6-18,20H,3-5H2,(H,32,33). The number of aromatic nitrogens is 2. The molecule has 2 heterocycles. The van der Waals surface area contributed by atoms with E-state index in [9.17, 15) is 4.79 Å². The van der Waals surface area contributed by atoms with Gasteiger partial charge in [-0.05, 0) is 76.4 Å². The SMILES string of the molecule is O=C(O)C=Cc1ccc(C(=C(c2ccccc2Cl)C2CCC2)c2ccc3nccn3c2)cc1. The Morgan fingerprint density at radius 3 is 2.48 bits per heavy atom. The summed E-state index contributed by atoms with van der Waals surface area (Å²) in [5, 5.41) is 9.69. The van der Waals surface area contributed by atoms with Crippen molar-refractivity contribution < 1.29 is 9.90 Å². The molecule has 0 aliphatic heterocycles. The molecule has 0 bridgehead atoms. The molecule has 4 nitrogen and oxygen atoms in total. The van der Waals surface area contributed by atoms with Gasteiger partial charge in [-0.1, -0.05) is 60.5 Å². The number of halogens is 1. The summed E-state index contributed by atoms with van der Waals surface area (Å²) >= 11 is 6.72. The van der Waals surface area contributed by atoms with E-state index in [1.165, 1.54) is 12.0 Å². The van der Waals surface area contributed by atoms with E-state index in [0.717, 1.165) is 57.4 Å². The first-order valence-corrected chi connectivity index (χ1v) is 11.4. The highest BCUT2D eigenvalue weighted by Gasteiger charge is 2.28. The van der Waals surface area contributed by atoms with Gasteiger partial charge < -0.3 is 9.51 Å². The van der Waals surface area contributed by atoms with Crippen LogP contribution in [0, 0.1) is 5.92 Å². The van der Waals surface area contributed by atoms with E-state index in [2.05, 4.69) is 35.4 Å². The van der Waals surface area contributed by atoms with E-state index in [-0.39, 0.29) is 0 Å². The average Bonchev–Trinajstić information content (AvgIpc) is 3.25. The lowest BCUT2D eigenvalue weighted by Gasteiger charge is -2.32. The maximum absolute atomic E-state index is 10.9. The van der Waals surface area contributed by atoms with Crippen LogP contribution in [-0.2, 0) is 4.79 Å². The largest absolute Gasteiger partial charge is 0.478 e. The molecule has 2 aromatic carbocycles. The number of hydrogen-bond acceptors (Lipinski definition) is 2. The van der Waals surface area contributed by atoms with Crippen molar-refractivity contribution >= 4 is 40.4 Å². The molecule has 0 unspecified atom stereocenters. The predicted octanol–water partition coefficient (Wildman–Crippen LogP) is 6.84. The Morgan fingerprint density at radius 2 is 1.79 bits per heavy atom. The molecule has 0 atom stereocenters. The Kier molecular flexibility index (Phi) is 5.84. The fourth-order valence-corrected chi connectivity index (χ4v) is 4.65. The molecule has 2 aromatic heterocycles. The van der Waals surface area contributed by atoms with Gasteiger partial charge in [0.05, 0.1) is 0 Å². The van der Waals surface area contributed by atoms with Gasteiger partial charge in [0.1, 0.15) is 5.65 Å². The lowest BCUT2D eigenvalue weighted by Crippen LogP contribution is -2.15. The van der Waals surface area contributed by atoms with Crippen LogP contribution in [-0.4, -0.2) is 20.5 Å². The number of carbonyl (C=O) groups is 1. The van der Waals surface area contributed by atoms with Crippen LogP contribution in [0.3, 0.4) is 0 Å². The minimum absolute atomic E-state index is 0.435. The molecule has 33 heavy (non-hydrogen) atoms. The van der Waals surface area contributed by atoms with Crippen molar-refractivity contribution in [3.63, 3.8) is 0 Å². The molecule has 0 spiro atoms. The normalized spacial score (nSPS) is 14.9. The first kappa shape index (κ1) is 21.2. The number of aliphatic carboxylic acids is 1. The van der Waals surface area contributed by atoms with Crippen molar-refractivity contribution in [2.24, 2.45) is 5.92 Å². The van der Waals surface area contributed by atoms with Gasteiger partial charge in [0.2, 0.25) is 0 Å². The van der Waals surface area contributed by atoms with Crippen LogP contribution >= 0.6 is 11.6 Å². The Morgan fingerprint density at radius 1 is 1.03 bits per heavy atom. The fourth-order valence-electron chi connectivity index (χ4n) is 4.41. The molecule has 4 aromatic rings. The van der Waals surface area contributed by atoms with Gasteiger partial charge in [-0.3, -0.25) is 0 Å². The maximum Gasteiger partial charge on any atom is 0.328 e. The van der Waals surface area contributed by atoms with Crippen LogP contribution < -0.4 is 0 Å². The second-order valence-electron chi connectivity index (χ2n) is 8.30. The molecule has 0 radical (unpaired) electrons. The van der Waals surface area contributed by atoms with E-state index in [1.54, 1.807) is 12.3 Å². The van der Waals surface area contributed by atoms with Gasteiger partial charge in [0.25, 0.3) is 0 Å². The first-order valence-electron chi connectivity index (χ1n) is 11.0. The molecule has 1 aliphatic rings. The highest BCUT2D eigenvalue weighted by molar-refractivity contribution is 6.32. The molecule has 1 N–H and O–H groups in total. The van der Waals surface area contributed by atoms with Crippen molar-refractivity contribution in [2.45, 2.75) is 19.3 Å². The van der Waals surface area contributed by atoms with Gasteiger partial charge in [-0.15, -0.1) is 0 Å². The third-order valence-corrected chi connectivity index (χ3v) is 6.57. The number of carboxylic acid groups (broad SMARTS) is 1. The number of hydrogen-bond donors (Lipinski definition) is 1. The van der Waals surface area contributed by atoms with Gasteiger partial charge >= 0.3 is 5.97 Å². The summed E-state index contributed by atoms with van der Waals surface area (Å²) < 4.78 is 2.03. The Bertz CT molecular complexity index is 1380. The Balaban J connectivity index is 1.74. The summed E-state index contributed by atoms with van der Waals surface area (Å²) in [7, 11) is 0. The van der Waals surface area contributed by atoms with E-state index in [1.807, 2.05) is 47.0 Å². The zero-order valence-corrected chi connectivity index (χ0v) is 18.7. The monoisotopic (exact) mass is 454 g/mol. The highest BCUT2D eigenvalue weighted by Crippen LogP contribution is 2.46. The molecule has 1 fully saturated rings. The van der Waals surface area contributed by atoms with Gasteiger partial charge in [-0.2, -0.15) is 0 Å². The van der Waals surface area contributed by atoms with E-state index in [0.29, 0.717) is 5.92 Å². The number of allylic oxidation sites excluding steroid dienone is 1. The second kappa shape index (κ2) is 9.08. The smallest absolute Gasteiger partial charge is 0.328 e. The minimum atomic E-state index is -0.959. The Labute approximate surface area is 197 Å². The first-order chi connectivity index (χ1) is 16.1. The van der Waals surface area contributed by atoms with Crippen molar-refractivity contribution in [1.82, 2.24) is 9.38 Å². The number of fused-ring (bicyclic) bond motifs is 1. The molecule has 1 saturated carbocycles. The number of rotatable bonds is 6. The third-order valence-electron chi connectivity index (χ3n) is 6.24. The lowest BCUT2D eigenvalue weighted by molar-refractivity contribution is -0.131. The minimum Gasteiger partial charge on any atom is -0.478 e. The van der Waals surface area contributed by atoms with Crippen LogP contribution in [0.4, 0.5) is 0 Å². The van der Waals surface area contributed by atoms with Crippen LogP contribution in [0.5, 0.6) is 0 Å². The number of nitrogens with zero attached hydrogens (tertiary/aromatic N) is 2. The molecule has 5 heteroatoms. The topological polar surface area (TPSA) is 54.6 Å².